The van der Waals surface area contributed by atoms with Gasteiger partial charge in [0, 0.05) is 33.1 Å². The quantitative estimate of drug-likeness (QED) is 0.675. The SMILES string of the molecule is CC(=O)NCCNC(=O)C1CNCc2ccccc21. The summed E-state index contributed by atoms with van der Waals surface area (Å²) in [5.74, 6) is -0.230. The molecule has 0 spiro atoms. The lowest BCUT2D eigenvalue weighted by atomic mass is 9.90. The first kappa shape index (κ1) is 13.5. The molecular formula is C14H19N3O2. The van der Waals surface area contributed by atoms with Gasteiger partial charge in [-0.05, 0) is 11.1 Å². The monoisotopic (exact) mass is 261 g/mol. The molecule has 1 aliphatic heterocycles. The molecule has 0 radical (unpaired) electrons. The van der Waals surface area contributed by atoms with Crippen molar-refractivity contribution in [2.75, 3.05) is 19.6 Å². The average Bonchev–Trinajstić information content (AvgIpc) is 2.42. The van der Waals surface area contributed by atoms with Gasteiger partial charge in [0.1, 0.15) is 0 Å². The highest BCUT2D eigenvalue weighted by molar-refractivity contribution is 5.84. The molecule has 102 valence electrons. The van der Waals surface area contributed by atoms with Gasteiger partial charge >= 0.3 is 0 Å². The highest BCUT2D eigenvalue weighted by Gasteiger charge is 2.25. The Hall–Kier alpha value is -1.88. The van der Waals surface area contributed by atoms with Crippen LogP contribution in [0.15, 0.2) is 24.3 Å². The van der Waals surface area contributed by atoms with Crippen molar-refractivity contribution in [3.05, 3.63) is 35.4 Å². The highest BCUT2D eigenvalue weighted by atomic mass is 16.2. The Morgan fingerprint density at radius 2 is 2.00 bits per heavy atom. The van der Waals surface area contributed by atoms with E-state index in [1.54, 1.807) is 0 Å². The molecule has 0 aromatic heterocycles. The van der Waals surface area contributed by atoms with Gasteiger partial charge in [-0.15, -0.1) is 0 Å². The molecule has 3 N–H and O–H groups in total. The number of nitrogens with one attached hydrogen (secondary N) is 3. The molecule has 1 unspecified atom stereocenters. The molecule has 2 rings (SSSR count). The second-order valence-corrected chi connectivity index (χ2v) is 4.66. The number of rotatable bonds is 4. The molecule has 0 aliphatic carbocycles. The van der Waals surface area contributed by atoms with E-state index in [-0.39, 0.29) is 17.7 Å². The smallest absolute Gasteiger partial charge is 0.228 e. The Bertz CT molecular complexity index is 474. The maximum absolute atomic E-state index is 12.1. The zero-order valence-electron chi connectivity index (χ0n) is 11.0. The van der Waals surface area contributed by atoms with Crippen molar-refractivity contribution in [3.63, 3.8) is 0 Å². The van der Waals surface area contributed by atoms with E-state index in [0.717, 1.165) is 12.1 Å². The predicted octanol–water partition coefficient (Wildman–Crippen LogP) is 0.126. The number of hydrogen-bond donors (Lipinski definition) is 3. The lowest BCUT2D eigenvalue weighted by Crippen LogP contribution is -2.41. The highest BCUT2D eigenvalue weighted by Crippen LogP contribution is 2.23. The van der Waals surface area contributed by atoms with Gasteiger partial charge in [0.15, 0.2) is 0 Å². The summed E-state index contributed by atoms with van der Waals surface area (Å²) in [4.78, 5) is 22.9. The maximum Gasteiger partial charge on any atom is 0.228 e. The summed E-state index contributed by atoms with van der Waals surface area (Å²) >= 11 is 0. The van der Waals surface area contributed by atoms with Gasteiger partial charge in [0.05, 0.1) is 5.92 Å². The maximum atomic E-state index is 12.1. The lowest BCUT2D eigenvalue weighted by molar-refractivity contribution is -0.123. The van der Waals surface area contributed by atoms with Crippen LogP contribution in [0.5, 0.6) is 0 Å². The third-order valence-electron chi connectivity index (χ3n) is 3.21. The van der Waals surface area contributed by atoms with E-state index in [0.29, 0.717) is 19.6 Å². The van der Waals surface area contributed by atoms with E-state index in [2.05, 4.69) is 16.0 Å². The van der Waals surface area contributed by atoms with Gasteiger partial charge in [-0.2, -0.15) is 0 Å². The Morgan fingerprint density at radius 1 is 1.26 bits per heavy atom. The molecule has 1 aromatic carbocycles. The summed E-state index contributed by atoms with van der Waals surface area (Å²) in [5, 5.41) is 8.76. The van der Waals surface area contributed by atoms with Crippen molar-refractivity contribution in [1.82, 2.24) is 16.0 Å². The molecule has 1 aromatic rings. The molecule has 5 heteroatoms. The van der Waals surface area contributed by atoms with Crippen LogP contribution in [0.4, 0.5) is 0 Å². The van der Waals surface area contributed by atoms with E-state index in [9.17, 15) is 9.59 Å². The minimum absolute atomic E-state index is 0.00463. The number of carbonyl (C=O) groups is 2. The Balaban J connectivity index is 1.92. The third kappa shape index (κ3) is 3.54. The van der Waals surface area contributed by atoms with Crippen LogP contribution < -0.4 is 16.0 Å². The predicted molar refractivity (Wildman–Crippen MR) is 72.6 cm³/mol. The van der Waals surface area contributed by atoms with Crippen LogP contribution in [0.25, 0.3) is 0 Å². The van der Waals surface area contributed by atoms with Gasteiger partial charge in [-0.1, -0.05) is 24.3 Å². The third-order valence-corrected chi connectivity index (χ3v) is 3.21. The van der Waals surface area contributed by atoms with Gasteiger partial charge in [-0.3, -0.25) is 9.59 Å². The number of carbonyl (C=O) groups excluding carboxylic acids is 2. The Kier molecular flexibility index (Phi) is 4.52. The van der Waals surface area contributed by atoms with Gasteiger partial charge in [0.25, 0.3) is 0 Å². The first-order valence-electron chi connectivity index (χ1n) is 6.49. The van der Waals surface area contributed by atoms with Gasteiger partial charge in [-0.25, -0.2) is 0 Å². The largest absolute Gasteiger partial charge is 0.355 e. The van der Waals surface area contributed by atoms with E-state index in [4.69, 9.17) is 0 Å². The van der Waals surface area contributed by atoms with Crippen molar-refractivity contribution in [2.24, 2.45) is 0 Å². The number of amides is 2. The van der Waals surface area contributed by atoms with Crippen LogP contribution >= 0.6 is 0 Å². The molecule has 0 fully saturated rings. The topological polar surface area (TPSA) is 70.2 Å². The standard InChI is InChI=1S/C14H19N3O2/c1-10(18)16-6-7-17-14(19)13-9-15-8-11-4-2-3-5-12(11)13/h2-5,13,15H,6-9H2,1H3,(H,16,18)(H,17,19). The fourth-order valence-corrected chi connectivity index (χ4v) is 2.28. The Labute approximate surface area is 112 Å². The molecule has 0 bridgehead atoms. The molecule has 1 atom stereocenters. The van der Waals surface area contributed by atoms with Crippen LogP contribution in [-0.2, 0) is 16.1 Å². The van der Waals surface area contributed by atoms with E-state index >= 15 is 0 Å². The van der Waals surface area contributed by atoms with E-state index in [1.165, 1.54) is 12.5 Å². The van der Waals surface area contributed by atoms with Crippen LogP contribution in [0.2, 0.25) is 0 Å². The van der Waals surface area contributed by atoms with Crippen molar-refractivity contribution in [1.29, 1.82) is 0 Å². The zero-order chi connectivity index (χ0) is 13.7. The minimum Gasteiger partial charge on any atom is -0.355 e. The average molecular weight is 261 g/mol. The number of benzene rings is 1. The number of fused-ring (bicyclic) bond motifs is 1. The molecule has 1 heterocycles. The molecule has 2 amide bonds. The molecule has 0 saturated carbocycles. The minimum atomic E-state index is -0.151. The fourth-order valence-electron chi connectivity index (χ4n) is 2.28. The second kappa shape index (κ2) is 6.33. The van der Waals surface area contributed by atoms with Gasteiger partial charge < -0.3 is 16.0 Å². The van der Waals surface area contributed by atoms with Gasteiger partial charge in [0.2, 0.25) is 11.8 Å². The second-order valence-electron chi connectivity index (χ2n) is 4.66. The summed E-state index contributed by atoms with van der Waals surface area (Å²) in [6.07, 6.45) is 0. The fraction of sp³-hybridized carbons (Fsp3) is 0.429. The van der Waals surface area contributed by atoms with Crippen molar-refractivity contribution < 1.29 is 9.59 Å². The molecule has 5 nitrogen and oxygen atoms in total. The summed E-state index contributed by atoms with van der Waals surface area (Å²) in [7, 11) is 0. The molecule has 19 heavy (non-hydrogen) atoms. The lowest BCUT2D eigenvalue weighted by Gasteiger charge is -2.25. The van der Waals surface area contributed by atoms with Crippen molar-refractivity contribution >= 4 is 11.8 Å². The van der Waals surface area contributed by atoms with Crippen molar-refractivity contribution in [3.8, 4) is 0 Å². The Morgan fingerprint density at radius 3 is 2.79 bits per heavy atom. The normalized spacial score (nSPS) is 17.4. The molecule has 0 saturated heterocycles. The summed E-state index contributed by atoms with van der Waals surface area (Å²) < 4.78 is 0. The summed E-state index contributed by atoms with van der Waals surface area (Å²) in [5.41, 5.74) is 2.27. The first-order valence-corrected chi connectivity index (χ1v) is 6.49. The van der Waals surface area contributed by atoms with E-state index < -0.39 is 0 Å². The van der Waals surface area contributed by atoms with Crippen molar-refractivity contribution in [2.45, 2.75) is 19.4 Å². The van der Waals surface area contributed by atoms with Crippen LogP contribution in [-0.4, -0.2) is 31.4 Å². The summed E-state index contributed by atoms with van der Waals surface area (Å²) in [6.45, 7) is 3.85. The van der Waals surface area contributed by atoms with Crippen LogP contribution in [0.1, 0.15) is 24.0 Å². The molecule has 1 aliphatic rings. The summed E-state index contributed by atoms with van der Waals surface area (Å²) in [6, 6.07) is 7.99. The zero-order valence-corrected chi connectivity index (χ0v) is 11.0. The molecular weight excluding hydrogens is 242 g/mol. The first-order chi connectivity index (χ1) is 9.18. The van der Waals surface area contributed by atoms with E-state index in [1.807, 2.05) is 24.3 Å². The number of hydrogen-bond acceptors (Lipinski definition) is 3. The van der Waals surface area contributed by atoms with Crippen LogP contribution in [0.3, 0.4) is 0 Å². The van der Waals surface area contributed by atoms with Crippen LogP contribution in [0, 0.1) is 0 Å².